The summed E-state index contributed by atoms with van der Waals surface area (Å²) < 4.78 is 4.98. The molecule has 0 saturated heterocycles. The third kappa shape index (κ3) is 2.68. The summed E-state index contributed by atoms with van der Waals surface area (Å²) in [7, 11) is 1.33. The minimum Gasteiger partial charge on any atom is -0.465 e. The number of esters is 1. The molecule has 5 heteroatoms. The molecule has 2 aliphatic heterocycles. The molecule has 2 aliphatic rings. The van der Waals surface area contributed by atoms with Gasteiger partial charge in [0, 0.05) is 22.7 Å². The first kappa shape index (κ1) is 16.7. The number of fused-ring (bicyclic) bond motifs is 3. The van der Waals surface area contributed by atoms with E-state index in [1.54, 1.807) is 0 Å². The SMILES string of the molecule is COC(=O)c1cnc2ccccc2c2nc(C#N)c(-c3ccc(C)cc3)c1-2. The number of hydrogen-bond acceptors (Lipinski definition) is 5. The van der Waals surface area contributed by atoms with Gasteiger partial charge in [0.2, 0.25) is 0 Å². The quantitative estimate of drug-likeness (QED) is 0.500. The monoisotopic (exact) mass is 353 g/mol. The van der Waals surface area contributed by atoms with Gasteiger partial charge in [0.25, 0.3) is 0 Å². The summed E-state index contributed by atoms with van der Waals surface area (Å²) in [6, 6.07) is 17.4. The van der Waals surface area contributed by atoms with E-state index < -0.39 is 5.97 Å². The highest BCUT2D eigenvalue weighted by atomic mass is 16.5. The lowest BCUT2D eigenvalue weighted by atomic mass is 9.95. The maximum atomic E-state index is 12.5. The van der Waals surface area contributed by atoms with Crippen LogP contribution in [0, 0.1) is 18.3 Å². The highest BCUT2D eigenvalue weighted by molar-refractivity contribution is 6.08. The van der Waals surface area contributed by atoms with Crippen molar-refractivity contribution in [1.82, 2.24) is 9.97 Å². The van der Waals surface area contributed by atoms with Crippen molar-refractivity contribution in [2.75, 3.05) is 7.11 Å². The molecule has 0 aliphatic carbocycles. The molecule has 0 atom stereocenters. The van der Waals surface area contributed by atoms with Crippen molar-refractivity contribution in [1.29, 1.82) is 5.26 Å². The van der Waals surface area contributed by atoms with Crippen molar-refractivity contribution >= 4 is 16.9 Å². The largest absolute Gasteiger partial charge is 0.465 e. The van der Waals surface area contributed by atoms with E-state index in [1.165, 1.54) is 13.3 Å². The molecule has 4 rings (SSSR count). The molecule has 0 bridgehead atoms. The van der Waals surface area contributed by atoms with Crippen LogP contribution in [0.5, 0.6) is 0 Å². The van der Waals surface area contributed by atoms with E-state index in [9.17, 15) is 10.1 Å². The average molecular weight is 353 g/mol. The number of carbonyl (C=O) groups is 1. The van der Waals surface area contributed by atoms with Crippen molar-refractivity contribution in [3.63, 3.8) is 0 Å². The molecule has 2 aromatic rings. The summed E-state index contributed by atoms with van der Waals surface area (Å²) in [6.07, 6.45) is 1.50. The zero-order valence-corrected chi connectivity index (χ0v) is 14.9. The molecule has 2 aromatic carbocycles. The summed E-state index contributed by atoms with van der Waals surface area (Å²) in [6.45, 7) is 1.99. The maximum Gasteiger partial charge on any atom is 0.340 e. The molecule has 0 unspecified atom stereocenters. The van der Waals surface area contributed by atoms with E-state index in [4.69, 9.17) is 4.74 Å². The highest BCUT2D eigenvalue weighted by Crippen LogP contribution is 2.41. The molecule has 0 aromatic heterocycles. The zero-order chi connectivity index (χ0) is 19.0. The second-order valence-electron chi connectivity index (χ2n) is 6.22. The Bertz CT molecular complexity index is 1190. The summed E-state index contributed by atoms with van der Waals surface area (Å²) >= 11 is 0. The molecule has 0 spiro atoms. The third-order valence-corrected chi connectivity index (χ3v) is 4.56. The maximum absolute atomic E-state index is 12.5. The van der Waals surface area contributed by atoms with Crippen molar-refractivity contribution in [3.05, 3.63) is 71.5 Å². The Morgan fingerprint density at radius 1 is 1.07 bits per heavy atom. The van der Waals surface area contributed by atoms with Crippen LogP contribution in [-0.4, -0.2) is 23.0 Å². The number of benzene rings is 2. The van der Waals surface area contributed by atoms with Gasteiger partial charge in [-0.1, -0.05) is 48.0 Å². The zero-order valence-electron chi connectivity index (χ0n) is 14.9. The summed E-state index contributed by atoms with van der Waals surface area (Å²) in [4.78, 5) is 21.5. The van der Waals surface area contributed by atoms with Crippen LogP contribution in [0.3, 0.4) is 0 Å². The molecule has 0 fully saturated rings. The van der Waals surface area contributed by atoms with Crippen LogP contribution in [0.25, 0.3) is 33.3 Å². The van der Waals surface area contributed by atoms with Gasteiger partial charge in [-0.25, -0.2) is 9.78 Å². The first-order valence-electron chi connectivity index (χ1n) is 8.41. The molecule has 0 amide bonds. The van der Waals surface area contributed by atoms with Crippen LogP contribution in [-0.2, 0) is 4.74 Å². The van der Waals surface area contributed by atoms with E-state index in [1.807, 2.05) is 55.5 Å². The molecule has 0 saturated carbocycles. The van der Waals surface area contributed by atoms with E-state index in [0.717, 1.165) is 16.5 Å². The number of ether oxygens (including phenoxy) is 1. The number of nitrogens with zero attached hydrogens (tertiary/aromatic N) is 3. The summed E-state index contributed by atoms with van der Waals surface area (Å²) in [5, 5.41) is 10.5. The molecule has 5 nitrogen and oxygen atoms in total. The van der Waals surface area contributed by atoms with Gasteiger partial charge in [-0.2, -0.15) is 5.26 Å². The van der Waals surface area contributed by atoms with Crippen LogP contribution >= 0.6 is 0 Å². The Kier molecular flexibility index (Phi) is 4.02. The smallest absolute Gasteiger partial charge is 0.340 e. The third-order valence-electron chi connectivity index (χ3n) is 4.56. The second kappa shape index (κ2) is 6.50. The number of hydrogen-bond donors (Lipinski definition) is 0. The van der Waals surface area contributed by atoms with Crippen LogP contribution < -0.4 is 0 Å². The number of carbonyl (C=O) groups excluding carboxylic acids is 1. The fourth-order valence-electron chi connectivity index (χ4n) is 3.25. The van der Waals surface area contributed by atoms with E-state index >= 15 is 0 Å². The van der Waals surface area contributed by atoms with Crippen molar-refractivity contribution < 1.29 is 9.53 Å². The Hall–Kier alpha value is -3.78. The predicted octanol–water partition coefficient (Wildman–Crippen LogP) is 4.37. The first-order chi connectivity index (χ1) is 13.1. The van der Waals surface area contributed by atoms with Gasteiger partial charge in [-0.05, 0) is 18.6 Å². The second-order valence-corrected chi connectivity index (χ2v) is 6.22. The van der Waals surface area contributed by atoms with Gasteiger partial charge >= 0.3 is 5.97 Å². The Labute approximate surface area is 156 Å². The van der Waals surface area contributed by atoms with Gasteiger partial charge in [-0.3, -0.25) is 4.98 Å². The molecule has 0 N–H and O–H groups in total. The van der Waals surface area contributed by atoms with Crippen LogP contribution in [0.2, 0.25) is 0 Å². The number of rotatable bonds is 2. The molecule has 130 valence electrons. The van der Waals surface area contributed by atoms with Gasteiger partial charge in [0.15, 0.2) is 0 Å². The Morgan fingerprint density at radius 3 is 2.52 bits per heavy atom. The fraction of sp³-hybridized carbons (Fsp3) is 0.0909. The molecular weight excluding hydrogens is 338 g/mol. The van der Waals surface area contributed by atoms with Gasteiger partial charge in [-0.15, -0.1) is 0 Å². The lowest BCUT2D eigenvalue weighted by Gasteiger charge is -2.07. The number of aryl methyl sites for hydroxylation is 1. The molecule has 2 heterocycles. The van der Waals surface area contributed by atoms with E-state index in [-0.39, 0.29) is 11.3 Å². The van der Waals surface area contributed by atoms with Gasteiger partial charge in [0.05, 0.1) is 23.9 Å². The van der Waals surface area contributed by atoms with Crippen LogP contribution in [0.4, 0.5) is 0 Å². The van der Waals surface area contributed by atoms with Gasteiger partial charge in [0.1, 0.15) is 11.8 Å². The Balaban J connectivity index is 2.18. The standard InChI is InChI=1S/C22H15N3O2/c1-13-7-9-14(10-8-13)19-18(11-23)25-21-15-5-3-4-6-17(15)24-12-16(20(19)21)22(26)27-2/h3-10,12H,1-2H3. The summed E-state index contributed by atoms with van der Waals surface area (Å²) in [5.74, 6) is -0.516. The lowest BCUT2D eigenvalue weighted by molar-refractivity contribution is 0.0601. The topological polar surface area (TPSA) is 75.9 Å². The van der Waals surface area contributed by atoms with E-state index in [2.05, 4.69) is 16.0 Å². The lowest BCUT2D eigenvalue weighted by Crippen LogP contribution is -2.03. The average Bonchev–Trinajstić information content (AvgIpc) is 3.00. The fourth-order valence-corrected chi connectivity index (χ4v) is 3.25. The number of methoxy groups -OCH3 is 1. The number of aromatic nitrogens is 2. The molecule has 27 heavy (non-hydrogen) atoms. The first-order valence-corrected chi connectivity index (χ1v) is 8.41. The number of para-hydroxylation sites is 1. The minimum atomic E-state index is -0.516. The van der Waals surface area contributed by atoms with Crippen LogP contribution in [0.15, 0.2) is 54.7 Å². The normalized spacial score (nSPS) is 10.7. The van der Waals surface area contributed by atoms with Crippen LogP contribution in [0.1, 0.15) is 21.6 Å². The van der Waals surface area contributed by atoms with E-state index in [0.29, 0.717) is 22.3 Å². The number of nitriles is 1. The van der Waals surface area contributed by atoms with Crippen molar-refractivity contribution in [2.45, 2.75) is 6.92 Å². The minimum absolute atomic E-state index is 0.273. The molecule has 0 radical (unpaired) electrons. The molecular formula is C22H15N3O2. The Morgan fingerprint density at radius 2 is 1.81 bits per heavy atom. The van der Waals surface area contributed by atoms with Crippen molar-refractivity contribution in [3.8, 4) is 28.5 Å². The highest BCUT2D eigenvalue weighted by Gasteiger charge is 2.27. The summed E-state index contributed by atoms with van der Waals surface area (Å²) in [5.41, 5.74) is 4.94. The van der Waals surface area contributed by atoms with Gasteiger partial charge < -0.3 is 4.74 Å². The van der Waals surface area contributed by atoms with Crippen molar-refractivity contribution in [2.24, 2.45) is 0 Å². The predicted molar refractivity (Wildman–Crippen MR) is 102 cm³/mol.